The molecule has 4 N–H and O–H groups in total. The lowest BCUT2D eigenvalue weighted by molar-refractivity contribution is -0.115. The Morgan fingerprint density at radius 1 is 1.03 bits per heavy atom. The van der Waals surface area contributed by atoms with Crippen LogP contribution >= 0.6 is 0 Å². The lowest BCUT2D eigenvalue weighted by Crippen LogP contribution is -2.21. The maximum Gasteiger partial charge on any atom is 0.267 e. The fourth-order valence-electron chi connectivity index (χ4n) is 3.90. The number of benzene rings is 2. The molecule has 1 aromatic heterocycles. The first-order chi connectivity index (χ1) is 14.1. The summed E-state index contributed by atoms with van der Waals surface area (Å²) >= 11 is 0. The van der Waals surface area contributed by atoms with E-state index in [-0.39, 0.29) is 17.9 Å². The highest BCUT2D eigenvalue weighted by atomic mass is 16.1. The standard InChI is InChI=1S/C23H24N4O2/c24-14-16-6-3-5-15(11-16)12-21(28)25-18-8-4-7-17(13-18)22-19-9-1-2-10-20(19)23(29)27-26-22/h3-8,11,13H,1-2,9-10,12,14,24H2,(H,25,28)(H,27,29). The zero-order chi connectivity index (χ0) is 20.2. The maximum atomic E-state index is 12.5. The van der Waals surface area contributed by atoms with Crippen molar-refractivity contribution in [2.75, 3.05) is 5.32 Å². The van der Waals surface area contributed by atoms with Gasteiger partial charge in [0.2, 0.25) is 5.91 Å². The summed E-state index contributed by atoms with van der Waals surface area (Å²) in [5, 5.41) is 9.89. The first-order valence-electron chi connectivity index (χ1n) is 9.92. The van der Waals surface area contributed by atoms with E-state index in [0.29, 0.717) is 12.2 Å². The van der Waals surface area contributed by atoms with Crippen LogP contribution in [0.2, 0.25) is 0 Å². The van der Waals surface area contributed by atoms with Crippen LogP contribution in [0.5, 0.6) is 0 Å². The van der Waals surface area contributed by atoms with Crippen molar-refractivity contribution in [1.29, 1.82) is 0 Å². The largest absolute Gasteiger partial charge is 0.326 e. The fraction of sp³-hybridized carbons (Fsp3) is 0.261. The van der Waals surface area contributed by atoms with Crippen LogP contribution in [0.1, 0.15) is 35.1 Å². The Morgan fingerprint density at radius 3 is 2.62 bits per heavy atom. The molecule has 148 valence electrons. The fourth-order valence-corrected chi connectivity index (χ4v) is 3.90. The van der Waals surface area contributed by atoms with Gasteiger partial charge in [-0.2, -0.15) is 5.10 Å². The van der Waals surface area contributed by atoms with E-state index >= 15 is 0 Å². The predicted octanol–water partition coefficient (Wildman–Crippen LogP) is 2.96. The zero-order valence-electron chi connectivity index (χ0n) is 16.2. The molecule has 0 spiro atoms. The van der Waals surface area contributed by atoms with Gasteiger partial charge in [-0.25, -0.2) is 5.10 Å². The number of nitrogens with two attached hydrogens (primary N) is 1. The minimum Gasteiger partial charge on any atom is -0.326 e. The second-order valence-electron chi connectivity index (χ2n) is 7.40. The van der Waals surface area contributed by atoms with Crippen molar-refractivity contribution in [3.8, 4) is 11.3 Å². The molecule has 29 heavy (non-hydrogen) atoms. The van der Waals surface area contributed by atoms with Gasteiger partial charge in [-0.05, 0) is 54.5 Å². The number of carbonyl (C=O) groups is 1. The summed E-state index contributed by atoms with van der Waals surface area (Å²) in [7, 11) is 0. The van der Waals surface area contributed by atoms with Crippen molar-refractivity contribution in [1.82, 2.24) is 10.2 Å². The average Bonchev–Trinajstić information content (AvgIpc) is 2.74. The zero-order valence-corrected chi connectivity index (χ0v) is 16.2. The van der Waals surface area contributed by atoms with Crippen molar-refractivity contribution in [2.24, 2.45) is 5.73 Å². The van der Waals surface area contributed by atoms with Gasteiger partial charge in [-0.15, -0.1) is 0 Å². The number of hydrogen-bond donors (Lipinski definition) is 3. The number of aromatic amines is 1. The van der Waals surface area contributed by atoms with Gasteiger partial charge in [0.25, 0.3) is 5.56 Å². The molecule has 0 saturated carbocycles. The molecule has 1 amide bonds. The highest BCUT2D eigenvalue weighted by Crippen LogP contribution is 2.29. The number of fused-ring (bicyclic) bond motifs is 1. The van der Waals surface area contributed by atoms with E-state index < -0.39 is 0 Å². The average molecular weight is 388 g/mol. The number of carbonyl (C=O) groups excluding carboxylic acids is 1. The van der Waals surface area contributed by atoms with Crippen LogP contribution < -0.4 is 16.6 Å². The van der Waals surface area contributed by atoms with Crippen molar-refractivity contribution >= 4 is 11.6 Å². The summed E-state index contributed by atoms with van der Waals surface area (Å²) in [6.07, 6.45) is 4.02. The van der Waals surface area contributed by atoms with Crippen molar-refractivity contribution in [3.63, 3.8) is 0 Å². The Hall–Kier alpha value is -3.25. The number of anilines is 1. The first-order valence-corrected chi connectivity index (χ1v) is 9.92. The van der Waals surface area contributed by atoms with Gasteiger partial charge in [0.05, 0.1) is 12.1 Å². The molecule has 1 aliphatic rings. The molecule has 0 radical (unpaired) electrons. The topological polar surface area (TPSA) is 101 Å². The summed E-state index contributed by atoms with van der Waals surface area (Å²) in [6.45, 7) is 0.452. The molecule has 0 saturated heterocycles. The SMILES string of the molecule is NCc1cccc(CC(=O)Nc2cccc(-c3n[nH]c(=O)c4c3CCCC4)c2)c1. The predicted molar refractivity (Wildman–Crippen MR) is 114 cm³/mol. The number of nitrogens with zero attached hydrogens (tertiary/aromatic N) is 1. The van der Waals surface area contributed by atoms with Crippen LogP contribution in [0, 0.1) is 0 Å². The highest BCUT2D eigenvalue weighted by molar-refractivity contribution is 5.93. The summed E-state index contributed by atoms with van der Waals surface area (Å²) in [5.41, 5.74) is 11.8. The third-order valence-corrected chi connectivity index (χ3v) is 5.31. The van der Waals surface area contributed by atoms with E-state index in [1.165, 1.54) is 0 Å². The second kappa shape index (κ2) is 8.41. The number of amides is 1. The molecule has 0 aliphatic heterocycles. The number of aromatic nitrogens is 2. The number of rotatable bonds is 5. The summed E-state index contributed by atoms with van der Waals surface area (Å²) in [6, 6.07) is 15.3. The minimum atomic E-state index is -0.0902. The van der Waals surface area contributed by atoms with Gasteiger partial charge < -0.3 is 11.1 Å². The van der Waals surface area contributed by atoms with Gasteiger partial charge in [0, 0.05) is 23.4 Å². The lowest BCUT2D eigenvalue weighted by Gasteiger charge is -2.17. The Kier molecular flexibility index (Phi) is 5.53. The second-order valence-corrected chi connectivity index (χ2v) is 7.40. The van der Waals surface area contributed by atoms with Gasteiger partial charge in [0.15, 0.2) is 0 Å². The Labute approximate surface area is 169 Å². The Morgan fingerprint density at radius 2 is 1.79 bits per heavy atom. The van der Waals surface area contributed by atoms with Crippen LogP contribution in [0.15, 0.2) is 53.3 Å². The monoisotopic (exact) mass is 388 g/mol. The lowest BCUT2D eigenvalue weighted by atomic mass is 9.90. The van der Waals surface area contributed by atoms with Crippen LogP contribution in [0.25, 0.3) is 11.3 Å². The molecule has 6 nitrogen and oxygen atoms in total. The Balaban J connectivity index is 1.55. The number of nitrogens with one attached hydrogen (secondary N) is 2. The minimum absolute atomic E-state index is 0.0900. The van der Waals surface area contributed by atoms with Crippen LogP contribution in [0.4, 0.5) is 5.69 Å². The van der Waals surface area contributed by atoms with Crippen molar-refractivity contribution < 1.29 is 4.79 Å². The van der Waals surface area contributed by atoms with Crippen molar-refractivity contribution in [3.05, 3.63) is 81.1 Å². The van der Waals surface area contributed by atoms with Crippen LogP contribution in [-0.2, 0) is 30.6 Å². The Bertz CT molecular complexity index is 1100. The first kappa shape index (κ1) is 19.1. The van der Waals surface area contributed by atoms with E-state index in [0.717, 1.165) is 59.2 Å². The van der Waals surface area contributed by atoms with E-state index in [2.05, 4.69) is 15.5 Å². The molecule has 1 heterocycles. The van der Waals surface area contributed by atoms with Gasteiger partial charge in [-0.3, -0.25) is 9.59 Å². The highest BCUT2D eigenvalue weighted by Gasteiger charge is 2.19. The molecule has 0 atom stereocenters. The van der Waals surface area contributed by atoms with Gasteiger partial charge >= 0.3 is 0 Å². The molecule has 3 aromatic rings. The molecule has 1 aliphatic carbocycles. The molecule has 6 heteroatoms. The van der Waals surface area contributed by atoms with Crippen LogP contribution in [0.3, 0.4) is 0 Å². The number of H-pyrrole nitrogens is 1. The summed E-state index contributed by atoms with van der Waals surface area (Å²) in [5.74, 6) is -0.0900. The number of hydrogen-bond acceptors (Lipinski definition) is 4. The van der Waals surface area contributed by atoms with Gasteiger partial charge in [-0.1, -0.05) is 36.4 Å². The molecule has 0 bridgehead atoms. The molecular formula is C23H24N4O2. The third-order valence-electron chi connectivity index (χ3n) is 5.31. The van der Waals surface area contributed by atoms with E-state index in [1.807, 2.05) is 48.5 Å². The smallest absolute Gasteiger partial charge is 0.267 e. The van der Waals surface area contributed by atoms with E-state index in [1.54, 1.807) is 0 Å². The summed E-state index contributed by atoms with van der Waals surface area (Å²) < 4.78 is 0. The molecule has 4 rings (SSSR count). The molecular weight excluding hydrogens is 364 g/mol. The quantitative estimate of drug-likeness (QED) is 0.625. The third kappa shape index (κ3) is 4.27. The van der Waals surface area contributed by atoms with E-state index in [9.17, 15) is 9.59 Å². The molecule has 2 aromatic carbocycles. The normalized spacial score (nSPS) is 13.0. The molecule has 0 fully saturated rings. The maximum absolute atomic E-state index is 12.5. The van der Waals surface area contributed by atoms with Gasteiger partial charge in [0.1, 0.15) is 0 Å². The molecule has 0 unspecified atom stereocenters. The summed E-state index contributed by atoms with van der Waals surface area (Å²) in [4.78, 5) is 24.6. The van der Waals surface area contributed by atoms with Crippen molar-refractivity contribution in [2.45, 2.75) is 38.6 Å². The van der Waals surface area contributed by atoms with Crippen LogP contribution in [-0.4, -0.2) is 16.1 Å². The van der Waals surface area contributed by atoms with E-state index in [4.69, 9.17) is 5.73 Å².